The van der Waals surface area contributed by atoms with Crippen LogP contribution in [0, 0.1) is 0 Å². The molecule has 1 saturated carbocycles. The van der Waals surface area contributed by atoms with E-state index in [1.807, 2.05) is 0 Å². The number of methoxy groups -OCH3 is 1. The van der Waals surface area contributed by atoms with Crippen LogP contribution < -0.4 is 4.74 Å². The second-order valence-corrected chi connectivity index (χ2v) is 4.75. The summed E-state index contributed by atoms with van der Waals surface area (Å²) in [6, 6.07) is 1.67. The molecule has 1 aromatic rings. The van der Waals surface area contributed by atoms with Crippen molar-refractivity contribution in [3.8, 4) is 5.88 Å². The Bertz CT molecular complexity index is 413. The predicted octanol–water partition coefficient (Wildman–Crippen LogP) is 1.45. The Balaban J connectivity index is 2.10. The lowest BCUT2D eigenvalue weighted by Crippen LogP contribution is -2.43. The highest BCUT2D eigenvalue weighted by Crippen LogP contribution is 2.24. The van der Waals surface area contributed by atoms with Gasteiger partial charge in [0.25, 0.3) is 11.8 Å². The van der Waals surface area contributed by atoms with Gasteiger partial charge in [0.05, 0.1) is 19.8 Å². The minimum absolute atomic E-state index is 0.0481. The average molecular weight is 268 g/mol. The van der Waals surface area contributed by atoms with Crippen LogP contribution in [0.2, 0.25) is 0 Å². The summed E-state index contributed by atoms with van der Waals surface area (Å²) in [5.74, 6) is 0.226. The van der Waals surface area contributed by atoms with Crippen LogP contribution in [-0.2, 0) is 0 Å². The molecule has 0 spiro atoms. The van der Waals surface area contributed by atoms with Crippen molar-refractivity contribution in [2.24, 2.45) is 0 Å². The van der Waals surface area contributed by atoms with Gasteiger partial charge in [-0.2, -0.15) is 0 Å². The van der Waals surface area contributed by atoms with Crippen molar-refractivity contribution < 1.29 is 19.2 Å². The fraction of sp³-hybridized carbons (Fsp3) is 0.692. The number of aliphatic hydroxyl groups is 1. The number of amides is 1. The third-order valence-corrected chi connectivity index (χ3v) is 3.53. The number of aromatic nitrogens is 1. The summed E-state index contributed by atoms with van der Waals surface area (Å²) in [6.07, 6.45) is 5.43. The fourth-order valence-corrected chi connectivity index (χ4v) is 2.55. The van der Waals surface area contributed by atoms with Crippen molar-refractivity contribution >= 4 is 5.91 Å². The maximum atomic E-state index is 12.4. The molecule has 1 aliphatic rings. The first-order valence-corrected chi connectivity index (χ1v) is 6.68. The number of ether oxygens (including phenoxy) is 1. The lowest BCUT2D eigenvalue weighted by molar-refractivity contribution is 0.0544. The van der Waals surface area contributed by atoms with E-state index in [0.717, 1.165) is 25.7 Å². The number of rotatable bonds is 5. The molecule has 1 aromatic heterocycles. The van der Waals surface area contributed by atoms with E-state index in [-0.39, 0.29) is 30.2 Å². The van der Waals surface area contributed by atoms with Crippen molar-refractivity contribution in [1.29, 1.82) is 0 Å². The number of hydrogen-bond acceptors (Lipinski definition) is 5. The number of aliphatic hydroxyl groups excluding tert-OH is 1. The monoisotopic (exact) mass is 268 g/mol. The summed E-state index contributed by atoms with van der Waals surface area (Å²) in [6.45, 7) is 0.278. The Morgan fingerprint density at radius 3 is 2.84 bits per heavy atom. The maximum absolute atomic E-state index is 12.4. The van der Waals surface area contributed by atoms with Crippen molar-refractivity contribution in [2.75, 3.05) is 20.3 Å². The molecule has 1 N–H and O–H groups in total. The molecule has 2 rings (SSSR count). The summed E-state index contributed by atoms with van der Waals surface area (Å²) < 4.78 is 9.89. The fourth-order valence-electron chi connectivity index (χ4n) is 2.55. The average Bonchev–Trinajstić information content (AvgIpc) is 2.94. The molecule has 0 saturated heterocycles. The van der Waals surface area contributed by atoms with E-state index < -0.39 is 0 Å². The van der Waals surface area contributed by atoms with Crippen LogP contribution in [0.25, 0.3) is 0 Å². The van der Waals surface area contributed by atoms with E-state index in [9.17, 15) is 4.79 Å². The molecule has 106 valence electrons. The number of carbonyl (C=O) groups excluding carboxylic acids is 1. The van der Waals surface area contributed by atoms with E-state index >= 15 is 0 Å². The Hall–Kier alpha value is -1.56. The minimum Gasteiger partial charge on any atom is -0.479 e. The Labute approximate surface area is 112 Å². The molecule has 0 bridgehead atoms. The third-order valence-electron chi connectivity index (χ3n) is 3.53. The molecular formula is C13H20N2O4. The van der Waals surface area contributed by atoms with Crippen LogP contribution in [-0.4, -0.2) is 47.4 Å². The summed E-state index contributed by atoms with van der Waals surface area (Å²) in [7, 11) is 1.47. The van der Waals surface area contributed by atoms with E-state index in [1.54, 1.807) is 4.90 Å². The molecule has 1 aliphatic carbocycles. The molecule has 19 heavy (non-hydrogen) atoms. The number of carbonyl (C=O) groups is 1. The Morgan fingerprint density at radius 1 is 1.53 bits per heavy atom. The van der Waals surface area contributed by atoms with Gasteiger partial charge >= 0.3 is 0 Å². The molecule has 0 aliphatic heterocycles. The summed E-state index contributed by atoms with van der Waals surface area (Å²) >= 11 is 0. The van der Waals surface area contributed by atoms with Crippen LogP contribution in [0.3, 0.4) is 0 Å². The van der Waals surface area contributed by atoms with Crippen LogP contribution in [0.1, 0.15) is 42.7 Å². The standard InChI is InChI=1S/C13H20N2O4/c1-18-12-9-11(19-14-12)13(17)15(7-8-16)10-5-3-2-4-6-10/h9-10,16H,2-8H2,1H3. The van der Waals surface area contributed by atoms with Gasteiger partial charge in [0.15, 0.2) is 0 Å². The van der Waals surface area contributed by atoms with Crippen LogP contribution in [0.15, 0.2) is 10.6 Å². The highest BCUT2D eigenvalue weighted by Gasteiger charge is 2.28. The molecular weight excluding hydrogens is 248 g/mol. The zero-order valence-electron chi connectivity index (χ0n) is 11.2. The highest BCUT2D eigenvalue weighted by molar-refractivity contribution is 5.91. The maximum Gasteiger partial charge on any atom is 0.292 e. The Morgan fingerprint density at radius 2 is 2.26 bits per heavy atom. The zero-order chi connectivity index (χ0) is 13.7. The predicted molar refractivity (Wildman–Crippen MR) is 68.1 cm³/mol. The Kier molecular flexibility index (Phi) is 4.79. The van der Waals surface area contributed by atoms with E-state index in [0.29, 0.717) is 6.54 Å². The topological polar surface area (TPSA) is 75.8 Å². The first kappa shape index (κ1) is 13.9. The van der Waals surface area contributed by atoms with E-state index in [2.05, 4.69) is 5.16 Å². The molecule has 6 heteroatoms. The summed E-state index contributed by atoms with van der Waals surface area (Å²) in [5, 5.41) is 12.8. The molecule has 0 unspecified atom stereocenters. The van der Waals surface area contributed by atoms with Crippen molar-refractivity contribution in [2.45, 2.75) is 38.1 Å². The largest absolute Gasteiger partial charge is 0.479 e. The van der Waals surface area contributed by atoms with Gasteiger partial charge < -0.3 is 19.3 Å². The lowest BCUT2D eigenvalue weighted by atomic mass is 9.94. The molecule has 1 heterocycles. The van der Waals surface area contributed by atoms with E-state index in [4.69, 9.17) is 14.4 Å². The molecule has 1 fully saturated rings. The molecule has 0 atom stereocenters. The van der Waals surface area contributed by atoms with Gasteiger partial charge in [-0.25, -0.2) is 0 Å². The first-order chi connectivity index (χ1) is 9.26. The first-order valence-electron chi connectivity index (χ1n) is 6.68. The van der Waals surface area contributed by atoms with Crippen LogP contribution in [0.5, 0.6) is 5.88 Å². The number of hydrogen-bond donors (Lipinski definition) is 1. The zero-order valence-corrected chi connectivity index (χ0v) is 11.2. The van der Waals surface area contributed by atoms with Gasteiger partial charge in [-0.15, -0.1) is 0 Å². The second kappa shape index (κ2) is 6.56. The SMILES string of the molecule is COc1cc(C(=O)N(CCO)C2CCCCC2)on1. The van der Waals surface area contributed by atoms with Crippen molar-refractivity contribution in [1.82, 2.24) is 10.1 Å². The van der Waals surface area contributed by atoms with E-state index in [1.165, 1.54) is 19.6 Å². The normalized spacial score (nSPS) is 16.3. The van der Waals surface area contributed by atoms with Gasteiger partial charge in [-0.05, 0) is 18.0 Å². The smallest absolute Gasteiger partial charge is 0.292 e. The quantitative estimate of drug-likeness (QED) is 0.874. The molecule has 0 aromatic carbocycles. The summed E-state index contributed by atoms with van der Waals surface area (Å²) in [4.78, 5) is 14.1. The number of nitrogens with zero attached hydrogens (tertiary/aromatic N) is 2. The van der Waals surface area contributed by atoms with Crippen molar-refractivity contribution in [3.63, 3.8) is 0 Å². The van der Waals surface area contributed by atoms with Gasteiger partial charge in [0.1, 0.15) is 0 Å². The lowest BCUT2D eigenvalue weighted by Gasteiger charge is -2.33. The second-order valence-electron chi connectivity index (χ2n) is 4.75. The molecule has 1 amide bonds. The van der Waals surface area contributed by atoms with Gasteiger partial charge in [-0.3, -0.25) is 4.79 Å². The highest BCUT2D eigenvalue weighted by atomic mass is 16.5. The van der Waals surface area contributed by atoms with Crippen LogP contribution in [0.4, 0.5) is 0 Å². The summed E-state index contributed by atoms with van der Waals surface area (Å²) in [5.41, 5.74) is 0. The van der Waals surface area contributed by atoms with Crippen LogP contribution >= 0.6 is 0 Å². The van der Waals surface area contributed by atoms with Crippen molar-refractivity contribution in [3.05, 3.63) is 11.8 Å². The van der Waals surface area contributed by atoms with Gasteiger partial charge in [0, 0.05) is 12.6 Å². The molecule has 6 nitrogen and oxygen atoms in total. The molecule has 0 radical (unpaired) electrons. The third kappa shape index (κ3) is 3.26. The van der Waals surface area contributed by atoms with Gasteiger partial charge in [-0.1, -0.05) is 19.3 Å². The minimum atomic E-state index is -0.225. The van der Waals surface area contributed by atoms with Gasteiger partial charge in [0.2, 0.25) is 5.76 Å².